The highest BCUT2D eigenvalue weighted by Crippen LogP contribution is 2.60. The van der Waals surface area contributed by atoms with Crippen LogP contribution < -0.4 is 20.0 Å². The summed E-state index contributed by atoms with van der Waals surface area (Å²) in [7, 11) is -3.57. The zero-order chi connectivity index (χ0) is 41.3. The summed E-state index contributed by atoms with van der Waals surface area (Å²) < 4.78 is 23.6. The molecule has 4 aromatic carbocycles. The van der Waals surface area contributed by atoms with Crippen molar-refractivity contribution in [3.63, 3.8) is 0 Å². The second-order valence-electron chi connectivity index (χ2n) is 17.4. The Morgan fingerprint density at radius 1 is 0.932 bits per heavy atom. The fourth-order valence-electron chi connectivity index (χ4n) is 10.9. The van der Waals surface area contributed by atoms with Crippen LogP contribution in [0.1, 0.15) is 48.4 Å². The maximum Gasteiger partial charge on any atom is 0.264 e. The number of benzene rings is 4. The monoisotopic (exact) mass is 835 g/mol. The maximum absolute atomic E-state index is 16.7. The number of aliphatic hydroxyl groups is 1. The lowest BCUT2D eigenvalue weighted by atomic mass is 9.82. The molecule has 5 atom stereocenters. The van der Waals surface area contributed by atoms with Crippen LogP contribution in [0, 0.1) is 5.92 Å². The van der Waals surface area contributed by atoms with Crippen LogP contribution in [0.4, 0.5) is 21.2 Å². The highest BCUT2D eigenvalue weighted by molar-refractivity contribution is 6.72. The van der Waals surface area contributed by atoms with Crippen molar-refractivity contribution in [2.45, 2.75) is 87.6 Å². The molecule has 0 bridgehead atoms. The zero-order valence-corrected chi connectivity index (χ0v) is 35.5. The number of aliphatic hydroxyl groups excluding tert-OH is 1. The lowest BCUT2D eigenvalue weighted by Gasteiger charge is -2.39. The van der Waals surface area contributed by atoms with Crippen molar-refractivity contribution in [2.75, 3.05) is 41.1 Å². The van der Waals surface area contributed by atoms with Crippen LogP contribution in [-0.2, 0) is 44.2 Å². The Bertz CT molecular complexity index is 2290. The van der Waals surface area contributed by atoms with E-state index < -0.39 is 43.2 Å². The van der Waals surface area contributed by atoms with E-state index in [1.54, 1.807) is 35.0 Å². The Kier molecular flexibility index (Phi) is 10.2. The topological polar surface area (TPSA) is 106 Å². The van der Waals surface area contributed by atoms with Crippen LogP contribution in [0.25, 0.3) is 0 Å². The van der Waals surface area contributed by atoms with E-state index >= 15 is 8.90 Å². The number of fused-ring (bicyclic) bond motifs is 3. The van der Waals surface area contributed by atoms with Crippen molar-refractivity contribution in [3.8, 4) is 0 Å². The summed E-state index contributed by atoms with van der Waals surface area (Å²) in [6.45, 7) is 7.33. The maximum atomic E-state index is 16.7. The molecular formula is C46H51ClFN5O5Si. The van der Waals surface area contributed by atoms with Gasteiger partial charge in [0.2, 0.25) is 14.3 Å². The first-order valence-electron chi connectivity index (χ1n) is 20.8. The molecule has 0 aliphatic carbocycles. The molecule has 0 unspecified atom stereocenters. The van der Waals surface area contributed by atoms with Crippen molar-refractivity contribution < 1.29 is 28.3 Å². The summed E-state index contributed by atoms with van der Waals surface area (Å²) in [4.78, 5) is 51.4. The second-order valence-corrected chi connectivity index (χ2v) is 21.7. The number of amides is 3. The van der Waals surface area contributed by atoms with Crippen LogP contribution in [0.5, 0.6) is 0 Å². The van der Waals surface area contributed by atoms with E-state index in [0.29, 0.717) is 48.7 Å². The first kappa shape index (κ1) is 39.8. The number of halogens is 2. The highest BCUT2D eigenvalue weighted by atomic mass is 35.5. The van der Waals surface area contributed by atoms with Gasteiger partial charge in [-0.1, -0.05) is 73.1 Å². The predicted molar refractivity (Wildman–Crippen MR) is 229 cm³/mol. The Balaban J connectivity index is 1.02. The largest absolute Gasteiger partial charge is 0.394 e. The number of nitrogens with one attached hydrogen (secondary N) is 1. The molecule has 3 amide bonds. The third-order valence-corrected chi connectivity index (χ3v) is 16.4. The molecule has 2 N–H and O–H groups in total. The molecule has 0 saturated carbocycles. The standard InChI is InChI=1S/C46H51ClFN5O5Si/c1-30-42(59(2,3)48)40(25-41(55)50-27-33-12-8-7-11-32(33)23-37(50)28-54)58-46(30)38-24-34(47)16-17-39(38)51(44(46)57)26-31-10-9-15-36(22-31)52-29-53(35-13-5-4-6-14-35)45(43(52)56)18-20-49-21-19-45/h4-17,22,24,30,37,40,42,49,54H,18-21,23,25-29H2,1-3H3/t30-,37-,40+,42-,46+/m0/s1. The number of carbonyl (C=O) groups excluding carboxylic acids is 3. The minimum absolute atomic E-state index is 0.0630. The second kappa shape index (κ2) is 15.1. The first-order valence-corrected chi connectivity index (χ1v) is 24.1. The van der Waals surface area contributed by atoms with Gasteiger partial charge in [-0.15, -0.1) is 0 Å². The summed E-state index contributed by atoms with van der Waals surface area (Å²) in [6.07, 6.45) is 0.906. The summed E-state index contributed by atoms with van der Waals surface area (Å²) in [5, 5.41) is 14.2. The molecule has 10 nitrogen and oxygen atoms in total. The molecular weight excluding hydrogens is 785 g/mol. The lowest BCUT2D eigenvalue weighted by Crippen LogP contribution is -2.55. The summed E-state index contributed by atoms with van der Waals surface area (Å²) in [5.74, 6) is -1.12. The van der Waals surface area contributed by atoms with Crippen LogP contribution in [-0.4, -0.2) is 80.2 Å². The molecule has 3 saturated heterocycles. The number of hydrogen-bond acceptors (Lipinski definition) is 7. The third kappa shape index (κ3) is 6.58. The highest BCUT2D eigenvalue weighted by Gasteiger charge is 2.67. The third-order valence-electron chi connectivity index (χ3n) is 13.7. The van der Waals surface area contributed by atoms with Gasteiger partial charge in [0.05, 0.1) is 44.1 Å². The quantitative estimate of drug-likeness (QED) is 0.147. The van der Waals surface area contributed by atoms with E-state index in [-0.39, 0.29) is 37.3 Å². The predicted octanol–water partition coefficient (Wildman–Crippen LogP) is 6.93. The van der Waals surface area contributed by atoms with Gasteiger partial charge in [0, 0.05) is 40.0 Å². The van der Waals surface area contributed by atoms with Crippen molar-refractivity contribution in [2.24, 2.45) is 5.92 Å². The minimum Gasteiger partial charge on any atom is -0.394 e. The number of rotatable bonds is 8. The molecule has 9 rings (SSSR count). The van der Waals surface area contributed by atoms with Gasteiger partial charge < -0.3 is 34.0 Å². The Morgan fingerprint density at radius 2 is 1.64 bits per heavy atom. The van der Waals surface area contributed by atoms with Crippen molar-refractivity contribution in [1.82, 2.24) is 10.2 Å². The van der Waals surface area contributed by atoms with E-state index in [0.717, 1.165) is 41.2 Å². The molecule has 5 aliphatic heterocycles. The molecule has 3 fully saturated rings. The van der Waals surface area contributed by atoms with Gasteiger partial charge in [0.25, 0.3) is 11.8 Å². The first-order chi connectivity index (χ1) is 28.4. The Labute approximate surface area is 351 Å². The van der Waals surface area contributed by atoms with Crippen LogP contribution >= 0.6 is 11.6 Å². The van der Waals surface area contributed by atoms with Gasteiger partial charge in [-0.05, 0) is 105 Å². The number of nitrogens with zero attached hydrogens (tertiary/aromatic N) is 4. The smallest absolute Gasteiger partial charge is 0.264 e. The van der Waals surface area contributed by atoms with E-state index in [1.165, 1.54) is 0 Å². The normalized spacial score (nSPS) is 26.3. The van der Waals surface area contributed by atoms with Gasteiger partial charge in [0.1, 0.15) is 5.54 Å². The SMILES string of the molecule is C[C@H]1[C@H]([Si](C)(C)F)[C@@H](CC(=O)N2Cc3ccccc3C[C@H]2CO)O[C@]12C(=O)N(Cc1cccc(N3CN(c4ccccc4)C4(CCNCC4)C3=O)c1)c1ccc(Cl)cc12. The minimum atomic E-state index is -3.57. The molecule has 0 aromatic heterocycles. The van der Waals surface area contributed by atoms with Crippen LogP contribution in [0.2, 0.25) is 23.7 Å². The average Bonchev–Trinajstić information content (AvgIpc) is 3.77. The van der Waals surface area contributed by atoms with Crippen LogP contribution in [0.15, 0.2) is 97.1 Å². The fourth-order valence-corrected chi connectivity index (χ4v) is 13.5. The van der Waals surface area contributed by atoms with E-state index in [4.69, 9.17) is 16.3 Å². The summed E-state index contributed by atoms with van der Waals surface area (Å²) in [5.41, 5.74) is 2.94. The Morgan fingerprint density at radius 3 is 2.37 bits per heavy atom. The van der Waals surface area contributed by atoms with Crippen molar-refractivity contribution in [3.05, 3.63) is 124 Å². The number of carbonyl (C=O) groups is 3. The molecule has 2 spiro atoms. The number of ether oxygens (including phenoxy) is 1. The van der Waals surface area contributed by atoms with Gasteiger partial charge in [-0.2, -0.15) is 0 Å². The van der Waals surface area contributed by atoms with E-state index in [1.807, 2.05) is 84.6 Å². The van der Waals surface area contributed by atoms with Crippen molar-refractivity contribution in [1.29, 1.82) is 0 Å². The molecule has 0 radical (unpaired) electrons. The molecule has 5 heterocycles. The van der Waals surface area contributed by atoms with Crippen LogP contribution in [0.3, 0.4) is 0 Å². The molecule has 308 valence electrons. The Hall–Kier alpha value is -4.59. The fraction of sp³-hybridized carbons (Fsp3) is 0.413. The molecule has 4 aromatic rings. The summed E-state index contributed by atoms with van der Waals surface area (Å²) in [6, 6.07) is 30.6. The van der Waals surface area contributed by atoms with Gasteiger partial charge >= 0.3 is 0 Å². The number of para-hydroxylation sites is 1. The molecule has 13 heteroatoms. The average molecular weight is 836 g/mol. The van der Waals surface area contributed by atoms with Gasteiger partial charge in [0.15, 0.2) is 5.60 Å². The van der Waals surface area contributed by atoms with Crippen molar-refractivity contribution >= 4 is 54.8 Å². The number of anilines is 3. The van der Waals surface area contributed by atoms with E-state index in [9.17, 15) is 14.7 Å². The summed E-state index contributed by atoms with van der Waals surface area (Å²) >= 11 is 6.65. The van der Waals surface area contributed by atoms with E-state index in [2.05, 4.69) is 22.3 Å². The molecule has 59 heavy (non-hydrogen) atoms. The number of hydrogen-bond donors (Lipinski definition) is 2. The zero-order valence-electron chi connectivity index (χ0n) is 33.7. The van der Waals surface area contributed by atoms with Gasteiger partial charge in [-0.3, -0.25) is 19.3 Å². The molecule has 5 aliphatic rings. The number of piperidine rings is 1. The lowest BCUT2D eigenvalue weighted by molar-refractivity contribution is -0.151. The van der Waals surface area contributed by atoms with Gasteiger partial charge in [-0.25, -0.2) is 0 Å².